The van der Waals surface area contributed by atoms with Crippen molar-refractivity contribution < 1.29 is 19.1 Å². The van der Waals surface area contributed by atoms with E-state index in [0.29, 0.717) is 18.7 Å². The third-order valence-electron chi connectivity index (χ3n) is 4.89. The Kier molecular flexibility index (Phi) is 6.69. The van der Waals surface area contributed by atoms with E-state index in [1.807, 2.05) is 27.7 Å². The largest absolute Gasteiger partial charge is 0.464 e. The number of carbonyl (C=O) groups excluding carboxylic acids is 3. The molecule has 3 rings (SSSR count). The summed E-state index contributed by atoms with van der Waals surface area (Å²) in [7, 11) is 0. The van der Waals surface area contributed by atoms with Crippen LogP contribution in [0.3, 0.4) is 0 Å². The number of carbonyl (C=O) groups is 3. The number of aromatic nitrogens is 2. The zero-order chi connectivity index (χ0) is 20.8. The van der Waals surface area contributed by atoms with Gasteiger partial charge >= 0.3 is 12.0 Å². The second-order valence-electron chi connectivity index (χ2n) is 7.01. The van der Waals surface area contributed by atoms with Gasteiger partial charge in [-0.25, -0.2) is 14.6 Å². The molecule has 9 heteroatoms. The van der Waals surface area contributed by atoms with Gasteiger partial charge in [-0.1, -0.05) is 0 Å². The van der Waals surface area contributed by atoms with Gasteiger partial charge in [-0.15, -0.1) is 0 Å². The molecule has 1 unspecified atom stereocenters. The van der Waals surface area contributed by atoms with E-state index in [1.165, 1.54) is 0 Å². The van der Waals surface area contributed by atoms with Gasteiger partial charge in [0, 0.05) is 31.7 Å². The van der Waals surface area contributed by atoms with E-state index in [1.54, 1.807) is 20.2 Å². The van der Waals surface area contributed by atoms with Crippen LogP contribution >= 0.6 is 0 Å². The lowest BCUT2D eigenvalue weighted by Gasteiger charge is -2.15. The molecule has 2 N–H and O–H groups in total. The smallest absolute Gasteiger partial charge is 0.328 e. The summed E-state index contributed by atoms with van der Waals surface area (Å²) in [5, 5.41) is 5.25. The molecule has 1 aromatic heterocycles. The van der Waals surface area contributed by atoms with Gasteiger partial charge in [0.15, 0.2) is 0 Å². The highest BCUT2D eigenvalue weighted by atomic mass is 16.5. The van der Waals surface area contributed by atoms with Gasteiger partial charge in [0.25, 0.3) is 5.91 Å². The number of benzene rings is 1. The van der Waals surface area contributed by atoms with Gasteiger partial charge in [0.2, 0.25) is 0 Å². The van der Waals surface area contributed by atoms with Crippen molar-refractivity contribution in [3.63, 3.8) is 0 Å². The first-order valence-electron chi connectivity index (χ1n) is 9.94. The fourth-order valence-corrected chi connectivity index (χ4v) is 3.34. The lowest BCUT2D eigenvalue weighted by Crippen LogP contribution is -2.45. The van der Waals surface area contributed by atoms with Crippen molar-refractivity contribution >= 4 is 28.9 Å². The molecule has 2 heterocycles. The number of nitrogens with zero attached hydrogens (tertiary/aromatic N) is 3. The summed E-state index contributed by atoms with van der Waals surface area (Å²) in [5.74, 6) is -0.421. The predicted molar refractivity (Wildman–Crippen MR) is 107 cm³/mol. The van der Waals surface area contributed by atoms with E-state index in [0.717, 1.165) is 37.0 Å². The molecular formula is C20H27N5O4. The Morgan fingerprint density at radius 3 is 2.72 bits per heavy atom. The van der Waals surface area contributed by atoms with E-state index in [4.69, 9.17) is 4.74 Å². The molecule has 0 saturated carbocycles. The maximum Gasteiger partial charge on any atom is 0.328 e. The fraction of sp³-hybridized carbons (Fsp3) is 0.500. The molecule has 2 aromatic rings. The Morgan fingerprint density at radius 2 is 2.00 bits per heavy atom. The normalized spacial score (nSPS) is 14.6. The highest BCUT2D eigenvalue weighted by Gasteiger charge is 2.20. The number of imidazole rings is 1. The average molecular weight is 401 g/mol. The van der Waals surface area contributed by atoms with Crippen LogP contribution in [0.2, 0.25) is 0 Å². The van der Waals surface area contributed by atoms with E-state index in [-0.39, 0.29) is 12.5 Å². The lowest BCUT2D eigenvalue weighted by atomic mass is 10.1. The number of rotatable bonds is 7. The third-order valence-corrected chi connectivity index (χ3v) is 4.89. The van der Waals surface area contributed by atoms with Crippen molar-refractivity contribution in [3.8, 4) is 0 Å². The van der Waals surface area contributed by atoms with Crippen molar-refractivity contribution in [2.75, 3.05) is 26.2 Å². The molecule has 0 bridgehead atoms. The Hall–Kier alpha value is -3.10. The SMILES string of the molecule is CCOC(=O)C(C)NC(=O)NCCn1cnc2cc(C(=O)N3CCCC3)ccc21. The number of amides is 3. The van der Waals surface area contributed by atoms with Crippen molar-refractivity contribution in [1.82, 2.24) is 25.1 Å². The van der Waals surface area contributed by atoms with Crippen LogP contribution in [0.4, 0.5) is 4.79 Å². The molecule has 1 aliphatic heterocycles. The summed E-state index contributed by atoms with van der Waals surface area (Å²) in [6, 6.07) is 4.37. The molecule has 1 fully saturated rings. The molecule has 1 atom stereocenters. The van der Waals surface area contributed by atoms with Crippen molar-refractivity contribution in [2.45, 2.75) is 39.3 Å². The molecule has 1 saturated heterocycles. The maximum atomic E-state index is 12.5. The van der Waals surface area contributed by atoms with E-state index < -0.39 is 18.0 Å². The third kappa shape index (κ3) is 5.04. The van der Waals surface area contributed by atoms with Gasteiger partial charge in [0.1, 0.15) is 6.04 Å². The quantitative estimate of drug-likeness (QED) is 0.685. The average Bonchev–Trinajstić information content (AvgIpc) is 3.37. The van der Waals surface area contributed by atoms with E-state index >= 15 is 0 Å². The van der Waals surface area contributed by atoms with Crippen LogP contribution in [-0.4, -0.2) is 64.6 Å². The van der Waals surface area contributed by atoms with Gasteiger partial charge in [0.05, 0.1) is 24.0 Å². The molecule has 9 nitrogen and oxygen atoms in total. The van der Waals surface area contributed by atoms with Crippen LogP contribution in [-0.2, 0) is 16.1 Å². The topological polar surface area (TPSA) is 106 Å². The summed E-state index contributed by atoms with van der Waals surface area (Å²) in [6.45, 7) is 6.05. The molecule has 1 aliphatic rings. The van der Waals surface area contributed by atoms with Gasteiger partial charge in [-0.3, -0.25) is 4.79 Å². The molecule has 156 valence electrons. The highest BCUT2D eigenvalue weighted by molar-refractivity contribution is 5.97. The summed E-state index contributed by atoms with van der Waals surface area (Å²) in [5.41, 5.74) is 2.29. The maximum absolute atomic E-state index is 12.5. The van der Waals surface area contributed by atoms with Crippen LogP contribution in [0.15, 0.2) is 24.5 Å². The van der Waals surface area contributed by atoms with Crippen LogP contribution in [0.25, 0.3) is 11.0 Å². The Bertz CT molecular complexity index is 888. The number of nitrogens with one attached hydrogen (secondary N) is 2. The number of fused-ring (bicyclic) bond motifs is 1. The number of esters is 1. The minimum atomic E-state index is -0.712. The van der Waals surface area contributed by atoms with Gasteiger partial charge in [-0.05, 0) is 44.9 Å². The van der Waals surface area contributed by atoms with Crippen LogP contribution in [0.1, 0.15) is 37.0 Å². The standard InChI is InChI=1S/C20H27N5O4/c1-3-29-19(27)14(2)23-20(28)21-8-11-25-13-22-16-12-15(6-7-17(16)25)18(26)24-9-4-5-10-24/h6-7,12-14H,3-5,8-11H2,1-2H3,(H2,21,23,28). The zero-order valence-corrected chi connectivity index (χ0v) is 16.8. The molecule has 1 aromatic carbocycles. The van der Waals surface area contributed by atoms with Crippen molar-refractivity contribution in [3.05, 3.63) is 30.1 Å². The van der Waals surface area contributed by atoms with Gasteiger partial charge < -0.3 is 24.8 Å². The Labute approximate surface area is 169 Å². The fourth-order valence-electron chi connectivity index (χ4n) is 3.34. The first-order chi connectivity index (χ1) is 14.0. The number of hydrogen-bond acceptors (Lipinski definition) is 5. The highest BCUT2D eigenvalue weighted by Crippen LogP contribution is 2.18. The summed E-state index contributed by atoms with van der Waals surface area (Å²) in [4.78, 5) is 42.2. The molecule has 0 radical (unpaired) electrons. The van der Waals surface area contributed by atoms with Crippen molar-refractivity contribution in [2.24, 2.45) is 0 Å². The number of hydrogen-bond donors (Lipinski definition) is 2. The van der Waals surface area contributed by atoms with Crippen LogP contribution < -0.4 is 10.6 Å². The first kappa shape index (κ1) is 20.6. The zero-order valence-electron chi connectivity index (χ0n) is 16.8. The molecule has 0 spiro atoms. The van der Waals surface area contributed by atoms with Crippen molar-refractivity contribution in [1.29, 1.82) is 0 Å². The van der Waals surface area contributed by atoms with Crippen LogP contribution in [0, 0.1) is 0 Å². The van der Waals surface area contributed by atoms with E-state index in [2.05, 4.69) is 15.6 Å². The summed E-state index contributed by atoms with van der Waals surface area (Å²) in [6.07, 6.45) is 3.80. The summed E-state index contributed by atoms with van der Waals surface area (Å²) >= 11 is 0. The molecule has 29 heavy (non-hydrogen) atoms. The molecule has 0 aliphatic carbocycles. The second kappa shape index (κ2) is 9.40. The second-order valence-corrected chi connectivity index (χ2v) is 7.01. The Balaban J connectivity index is 1.54. The summed E-state index contributed by atoms with van der Waals surface area (Å²) < 4.78 is 6.77. The number of likely N-dealkylation sites (tertiary alicyclic amines) is 1. The minimum Gasteiger partial charge on any atom is -0.464 e. The Morgan fingerprint density at radius 1 is 1.24 bits per heavy atom. The molecular weight excluding hydrogens is 374 g/mol. The van der Waals surface area contributed by atoms with Crippen LogP contribution in [0.5, 0.6) is 0 Å². The van der Waals surface area contributed by atoms with E-state index in [9.17, 15) is 14.4 Å². The predicted octanol–water partition coefficient (Wildman–Crippen LogP) is 1.52. The number of ether oxygens (including phenoxy) is 1. The number of urea groups is 1. The molecule has 3 amide bonds. The lowest BCUT2D eigenvalue weighted by molar-refractivity contribution is -0.144. The monoisotopic (exact) mass is 401 g/mol. The van der Waals surface area contributed by atoms with Gasteiger partial charge in [-0.2, -0.15) is 0 Å². The minimum absolute atomic E-state index is 0.0491. The first-order valence-corrected chi connectivity index (χ1v) is 9.94.